The molecule has 0 amide bonds. The number of cyclic esters (lactones) is 1. The summed E-state index contributed by atoms with van der Waals surface area (Å²) < 4.78 is 76.1. The van der Waals surface area contributed by atoms with Crippen LogP contribution in [0.2, 0.25) is 0 Å². The standard InChI is InChI=1S/C14H10BrF5O3/c1-13(14(18,19)20)7(5-15)9(12(21)23-13)6-3-4-8(16)10(17)11(6)22-2/h3-4H,5H2,1-2H3/t13-/m1/s1. The first-order chi connectivity index (χ1) is 10.6. The summed E-state index contributed by atoms with van der Waals surface area (Å²) in [6.45, 7) is 0.695. The molecule has 0 N–H and O–H groups in total. The Kier molecular flexibility index (Phi) is 4.44. The van der Waals surface area contributed by atoms with Crippen molar-refractivity contribution in [2.45, 2.75) is 18.7 Å². The largest absolute Gasteiger partial charge is 0.493 e. The van der Waals surface area contributed by atoms with E-state index in [-0.39, 0.29) is 10.9 Å². The highest BCUT2D eigenvalue weighted by molar-refractivity contribution is 9.09. The number of carbonyl (C=O) groups excluding carboxylic acids is 1. The molecule has 23 heavy (non-hydrogen) atoms. The van der Waals surface area contributed by atoms with Gasteiger partial charge < -0.3 is 9.47 Å². The molecule has 3 nitrogen and oxygen atoms in total. The van der Waals surface area contributed by atoms with Crippen LogP contribution in [0.25, 0.3) is 5.57 Å². The van der Waals surface area contributed by atoms with Crippen LogP contribution in [-0.2, 0) is 9.53 Å². The molecule has 1 atom stereocenters. The number of alkyl halides is 4. The van der Waals surface area contributed by atoms with E-state index >= 15 is 0 Å². The zero-order valence-electron chi connectivity index (χ0n) is 11.9. The normalized spacial score (nSPS) is 21.7. The van der Waals surface area contributed by atoms with Crippen LogP contribution < -0.4 is 4.74 Å². The molecule has 0 spiro atoms. The average molecular weight is 401 g/mol. The van der Waals surface area contributed by atoms with E-state index in [1.165, 1.54) is 0 Å². The van der Waals surface area contributed by atoms with Gasteiger partial charge in [-0.15, -0.1) is 0 Å². The number of carbonyl (C=O) groups is 1. The molecule has 2 rings (SSSR count). The Morgan fingerprint density at radius 1 is 1.30 bits per heavy atom. The third-order valence-corrected chi connectivity index (χ3v) is 4.14. The van der Waals surface area contributed by atoms with Crippen molar-refractivity contribution in [2.24, 2.45) is 0 Å². The molecule has 1 aliphatic heterocycles. The lowest BCUT2D eigenvalue weighted by Crippen LogP contribution is -2.45. The molecule has 1 heterocycles. The second-order valence-corrected chi connectivity index (χ2v) is 5.41. The molecule has 0 unspecified atom stereocenters. The summed E-state index contributed by atoms with van der Waals surface area (Å²) in [7, 11) is 1.01. The highest BCUT2D eigenvalue weighted by Gasteiger charge is 2.61. The highest BCUT2D eigenvalue weighted by Crippen LogP contribution is 2.49. The number of benzene rings is 1. The van der Waals surface area contributed by atoms with Gasteiger partial charge in [0.2, 0.25) is 11.4 Å². The van der Waals surface area contributed by atoms with Gasteiger partial charge in [0.25, 0.3) is 0 Å². The fraction of sp³-hybridized carbons (Fsp3) is 0.357. The summed E-state index contributed by atoms with van der Waals surface area (Å²) in [5, 5.41) is -0.355. The van der Waals surface area contributed by atoms with Crippen LogP contribution in [0.1, 0.15) is 12.5 Å². The molecule has 0 fully saturated rings. The van der Waals surface area contributed by atoms with Gasteiger partial charge in [-0.05, 0) is 19.1 Å². The topological polar surface area (TPSA) is 35.5 Å². The Hall–Kier alpha value is -1.64. The smallest absolute Gasteiger partial charge is 0.432 e. The lowest BCUT2D eigenvalue weighted by molar-refractivity contribution is -0.242. The lowest BCUT2D eigenvalue weighted by Gasteiger charge is -2.28. The van der Waals surface area contributed by atoms with Crippen LogP contribution in [0.15, 0.2) is 17.7 Å². The molecule has 1 aliphatic rings. The molecule has 1 aromatic carbocycles. The summed E-state index contributed by atoms with van der Waals surface area (Å²) in [6, 6.07) is 1.67. The maximum Gasteiger partial charge on any atom is 0.432 e. The first kappa shape index (κ1) is 17.7. The molecule has 1 aromatic rings. The fourth-order valence-electron chi connectivity index (χ4n) is 2.28. The van der Waals surface area contributed by atoms with Gasteiger partial charge in [0, 0.05) is 16.5 Å². The molecule has 0 saturated heterocycles. The Labute approximate surface area is 136 Å². The average Bonchev–Trinajstić information content (AvgIpc) is 2.72. The molecule has 0 bridgehead atoms. The van der Waals surface area contributed by atoms with E-state index in [0.29, 0.717) is 13.0 Å². The van der Waals surface area contributed by atoms with Gasteiger partial charge in [-0.3, -0.25) is 0 Å². The van der Waals surface area contributed by atoms with Crippen molar-refractivity contribution >= 4 is 27.5 Å². The Morgan fingerprint density at radius 2 is 1.91 bits per heavy atom. The monoisotopic (exact) mass is 400 g/mol. The van der Waals surface area contributed by atoms with Gasteiger partial charge in [0.15, 0.2) is 11.6 Å². The Balaban J connectivity index is 2.78. The number of hydrogen-bond donors (Lipinski definition) is 0. The van der Waals surface area contributed by atoms with Crippen molar-refractivity contribution in [1.82, 2.24) is 0 Å². The van der Waals surface area contributed by atoms with Crippen LogP contribution in [-0.4, -0.2) is 30.2 Å². The minimum Gasteiger partial charge on any atom is -0.493 e. The molecular weight excluding hydrogens is 391 g/mol. The predicted molar refractivity (Wildman–Crippen MR) is 74.2 cm³/mol. The number of rotatable bonds is 3. The van der Waals surface area contributed by atoms with E-state index < -0.39 is 46.3 Å². The van der Waals surface area contributed by atoms with Crippen molar-refractivity contribution in [3.05, 3.63) is 34.9 Å². The van der Waals surface area contributed by atoms with E-state index in [1.807, 2.05) is 0 Å². The fourth-order valence-corrected chi connectivity index (χ4v) is 3.10. The van der Waals surface area contributed by atoms with E-state index in [2.05, 4.69) is 20.7 Å². The second kappa shape index (κ2) is 5.77. The van der Waals surface area contributed by atoms with Crippen LogP contribution in [0.5, 0.6) is 5.75 Å². The highest BCUT2D eigenvalue weighted by atomic mass is 79.9. The van der Waals surface area contributed by atoms with Crippen molar-refractivity contribution in [2.75, 3.05) is 12.4 Å². The zero-order chi connectivity index (χ0) is 17.6. The number of ether oxygens (including phenoxy) is 2. The molecule has 0 radical (unpaired) electrons. The maximum absolute atomic E-state index is 13.8. The van der Waals surface area contributed by atoms with Gasteiger partial charge in [-0.1, -0.05) is 15.9 Å². The third kappa shape index (κ3) is 2.60. The minimum atomic E-state index is -4.88. The first-order valence-electron chi connectivity index (χ1n) is 6.20. The number of methoxy groups -OCH3 is 1. The summed E-state index contributed by atoms with van der Waals surface area (Å²) in [5.74, 6) is -4.61. The van der Waals surface area contributed by atoms with E-state index in [4.69, 9.17) is 4.74 Å². The Morgan fingerprint density at radius 3 is 2.39 bits per heavy atom. The SMILES string of the molecule is COc1c(C2=C(CBr)[C@](C)(C(F)(F)F)OC2=O)ccc(F)c1F. The second-order valence-electron chi connectivity index (χ2n) is 4.85. The summed E-state index contributed by atoms with van der Waals surface area (Å²) in [5.41, 5.74) is -4.12. The van der Waals surface area contributed by atoms with Gasteiger partial charge >= 0.3 is 12.1 Å². The van der Waals surface area contributed by atoms with Gasteiger partial charge in [-0.25, -0.2) is 9.18 Å². The van der Waals surface area contributed by atoms with E-state index in [1.54, 1.807) is 0 Å². The quantitative estimate of drug-likeness (QED) is 0.437. The van der Waals surface area contributed by atoms with E-state index in [0.717, 1.165) is 13.2 Å². The zero-order valence-corrected chi connectivity index (χ0v) is 13.4. The molecule has 0 aliphatic carbocycles. The molecule has 126 valence electrons. The summed E-state index contributed by atoms with van der Waals surface area (Å²) in [6.07, 6.45) is -4.88. The third-order valence-electron chi connectivity index (χ3n) is 3.58. The number of esters is 1. The van der Waals surface area contributed by atoms with Crippen LogP contribution in [0.4, 0.5) is 22.0 Å². The van der Waals surface area contributed by atoms with Crippen molar-refractivity contribution in [3.63, 3.8) is 0 Å². The summed E-state index contributed by atoms with van der Waals surface area (Å²) >= 11 is 2.89. The van der Waals surface area contributed by atoms with Crippen LogP contribution in [0.3, 0.4) is 0 Å². The Bertz CT molecular complexity index is 698. The van der Waals surface area contributed by atoms with Crippen molar-refractivity contribution < 1.29 is 36.2 Å². The molecule has 9 heteroatoms. The van der Waals surface area contributed by atoms with Gasteiger partial charge in [-0.2, -0.15) is 17.6 Å². The molecule has 0 aromatic heterocycles. The molecule has 0 saturated carbocycles. The number of halogens is 6. The van der Waals surface area contributed by atoms with Crippen molar-refractivity contribution in [1.29, 1.82) is 0 Å². The van der Waals surface area contributed by atoms with Crippen molar-refractivity contribution in [3.8, 4) is 5.75 Å². The van der Waals surface area contributed by atoms with Crippen LogP contribution in [0, 0.1) is 11.6 Å². The first-order valence-corrected chi connectivity index (χ1v) is 7.32. The maximum atomic E-state index is 13.8. The van der Waals surface area contributed by atoms with E-state index in [9.17, 15) is 26.7 Å². The van der Waals surface area contributed by atoms with Gasteiger partial charge in [0.1, 0.15) is 0 Å². The minimum absolute atomic E-state index is 0.307. The number of hydrogen-bond acceptors (Lipinski definition) is 3. The predicted octanol–water partition coefficient (Wildman–Crippen LogP) is 4.00. The van der Waals surface area contributed by atoms with Crippen LogP contribution >= 0.6 is 15.9 Å². The molecular formula is C14H10BrF5O3. The van der Waals surface area contributed by atoms with Gasteiger partial charge in [0.05, 0.1) is 12.7 Å². The lowest BCUT2D eigenvalue weighted by atomic mass is 9.91. The summed E-state index contributed by atoms with van der Waals surface area (Å²) in [4.78, 5) is 12.0.